The van der Waals surface area contributed by atoms with Crippen LogP contribution in [0.2, 0.25) is 0 Å². The van der Waals surface area contributed by atoms with Crippen LogP contribution < -0.4 is 10.0 Å². The molecule has 0 radical (unpaired) electrons. The van der Waals surface area contributed by atoms with E-state index in [1.165, 1.54) is 31.8 Å². The molecular formula is C20H28N2O3S. The summed E-state index contributed by atoms with van der Waals surface area (Å²) in [5.41, 5.74) is 1.92. The van der Waals surface area contributed by atoms with E-state index in [1.807, 2.05) is 38.1 Å². The number of sulfonamides is 1. The fourth-order valence-electron chi connectivity index (χ4n) is 4.38. The molecule has 3 rings (SSSR count). The van der Waals surface area contributed by atoms with E-state index in [-0.39, 0.29) is 18.5 Å². The van der Waals surface area contributed by atoms with Crippen LogP contribution in [0.15, 0.2) is 29.7 Å². The predicted octanol–water partition coefficient (Wildman–Crippen LogP) is 2.83. The fourth-order valence-corrected chi connectivity index (χ4v) is 5.14. The van der Waals surface area contributed by atoms with Crippen molar-refractivity contribution in [1.29, 1.82) is 0 Å². The quantitative estimate of drug-likeness (QED) is 0.768. The lowest BCUT2D eigenvalue weighted by Gasteiger charge is -2.28. The van der Waals surface area contributed by atoms with Crippen LogP contribution in [-0.2, 0) is 14.8 Å². The molecule has 2 aliphatic carbocycles. The van der Waals surface area contributed by atoms with E-state index in [4.69, 9.17) is 0 Å². The number of rotatable bonds is 7. The minimum atomic E-state index is -3.64. The minimum Gasteiger partial charge on any atom is -0.352 e. The SMILES string of the molecule is Cc1ccc(/C=C/S(=O)(=O)NCC(=O)NC(C)C2CC3CCC2C3)cc1. The Kier molecular flexibility index (Phi) is 5.82. The summed E-state index contributed by atoms with van der Waals surface area (Å²) in [6.45, 7) is 3.78. The zero-order valence-electron chi connectivity index (χ0n) is 15.4. The summed E-state index contributed by atoms with van der Waals surface area (Å²) in [7, 11) is -3.64. The van der Waals surface area contributed by atoms with E-state index in [2.05, 4.69) is 10.0 Å². The van der Waals surface area contributed by atoms with Gasteiger partial charge in [0.1, 0.15) is 0 Å². The molecule has 0 saturated heterocycles. The van der Waals surface area contributed by atoms with Gasteiger partial charge < -0.3 is 5.32 Å². The second-order valence-electron chi connectivity index (χ2n) is 7.77. The number of nitrogens with one attached hydrogen (secondary N) is 2. The summed E-state index contributed by atoms with van der Waals surface area (Å²) < 4.78 is 26.4. The molecule has 2 N–H and O–H groups in total. The summed E-state index contributed by atoms with van der Waals surface area (Å²) in [6.07, 6.45) is 6.61. The van der Waals surface area contributed by atoms with Crippen LogP contribution in [0.3, 0.4) is 0 Å². The third-order valence-electron chi connectivity index (χ3n) is 5.77. The van der Waals surface area contributed by atoms with Crippen molar-refractivity contribution in [2.45, 2.75) is 45.6 Å². The zero-order chi connectivity index (χ0) is 18.7. The third kappa shape index (κ3) is 4.95. The first-order chi connectivity index (χ1) is 12.3. The molecule has 1 aromatic carbocycles. The van der Waals surface area contributed by atoms with Gasteiger partial charge in [0, 0.05) is 11.4 Å². The Labute approximate surface area is 156 Å². The van der Waals surface area contributed by atoms with Gasteiger partial charge in [0.15, 0.2) is 0 Å². The average Bonchev–Trinajstić information content (AvgIpc) is 3.23. The van der Waals surface area contributed by atoms with Crippen LogP contribution in [0.25, 0.3) is 6.08 Å². The highest BCUT2D eigenvalue weighted by Crippen LogP contribution is 2.49. The van der Waals surface area contributed by atoms with Crippen LogP contribution in [-0.4, -0.2) is 26.9 Å². The summed E-state index contributed by atoms with van der Waals surface area (Å²) in [4.78, 5) is 12.1. The average molecular weight is 377 g/mol. The lowest BCUT2D eigenvalue weighted by molar-refractivity contribution is -0.121. The van der Waals surface area contributed by atoms with Gasteiger partial charge in [-0.15, -0.1) is 0 Å². The Morgan fingerprint density at radius 2 is 1.96 bits per heavy atom. The van der Waals surface area contributed by atoms with Gasteiger partial charge in [0.2, 0.25) is 15.9 Å². The number of carbonyl (C=O) groups is 1. The van der Waals surface area contributed by atoms with Crippen molar-refractivity contribution in [3.05, 3.63) is 40.8 Å². The molecule has 5 nitrogen and oxygen atoms in total. The first-order valence-corrected chi connectivity index (χ1v) is 10.9. The van der Waals surface area contributed by atoms with Crippen molar-refractivity contribution >= 4 is 22.0 Å². The molecule has 0 spiro atoms. The van der Waals surface area contributed by atoms with E-state index in [0.29, 0.717) is 5.92 Å². The highest BCUT2D eigenvalue weighted by Gasteiger charge is 2.42. The van der Waals surface area contributed by atoms with Crippen LogP contribution in [0.1, 0.15) is 43.7 Å². The second kappa shape index (κ2) is 7.92. The van der Waals surface area contributed by atoms with Crippen LogP contribution in [0.5, 0.6) is 0 Å². The van der Waals surface area contributed by atoms with Crippen LogP contribution >= 0.6 is 0 Å². The molecular weight excluding hydrogens is 348 g/mol. The van der Waals surface area contributed by atoms with Gasteiger partial charge in [-0.2, -0.15) is 0 Å². The molecule has 2 saturated carbocycles. The van der Waals surface area contributed by atoms with Crippen molar-refractivity contribution in [3.8, 4) is 0 Å². The molecule has 2 aliphatic rings. The van der Waals surface area contributed by atoms with Gasteiger partial charge in [-0.25, -0.2) is 13.1 Å². The topological polar surface area (TPSA) is 75.3 Å². The normalized spacial score (nSPS) is 26.3. The van der Waals surface area contributed by atoms with Crippen molar-refractivity contribution < 1.29 is 13.2 Å². The fraction of sp³-hybridized carbons (Fsp3) is 0.550. The first-order valence-electron chi connectivity index (χ1n) is 9.36. The Morgan fingerprint density at radius 3 is 2.58 bits per heavy atom. The molecule has 4 unspecified atom stereocenters. The van der Waals surface area contributed by atoms with Gasteiger partial charge in [0.05, 0.1) is 6.54 Å². The Balaban J connectivity index is 1.46. The number of hydrogen-bond donors (Lipinski definition) is 2. The summed E-state index contributed by atoms with van der Waals surface area (Å²) in [5, 5.41) is 4.07. The number of amides is 1. The largest absolute Gasteiger partial charge is 0.352 e. The number of benzene rings is 1. The van der Waals surface area contributed by atoms with E-state index in [1.54, 1.807) is 0 Å². The van der Waals surface area contributed by atoms with E-state index >= 15 is 0 Å². The van der Waals surface area contributed by atoms with Crippen molar-refractivity contribution in [3.63, 3.8) is 0 Å². The molecule has 2 bridgehead atoms. The Bertz CT molecular complexity index is 771. The summed E-state index contributed by atoms with van der Waals surface area (Å²) in [6, 6.07) is 7.65. The molecule has 6 heteroatoms. The van der Waals surface area contributed by atoms with E-state index < -0.39 is 10.0 Å². The molecule has 4 atom stereocenters. The van der Waals surface area contributed by atoms with Crippen LogP contribution in [0.4, 0.5) is 0 Å². The minimum absolute atomic E-state index is 0.102. The van der Waals surface area contributed by atoms with Gasteiger partial charge >= 0.3 is 0 Å². The van der Waals surface area contributed by atoms with Gasteiger partial charge in [-0.1, -0.05) is 36.2 Å². The van der Waals surface area contributed by atoms with Crippen molar-refractivity contribution in [2.24, 2.45) is 17.8 Å². The van der Waals surface area contributed by atoms with Gasteiger partial charge in [-0.3, -0.25) is 4.79 Å². The second-order valence-corrected chi connectivity index (χ2v) is 9.43. The maximum Gasteiger partial charge on any atom is 0.235 e. The highest BCUT2D eigenvalue weighted by atomic mass is 32.2. The van der Waals surface area contributed by atoms with Gasteiger partial charge in [0.25, 0.3) is 0 Å². The number of hydrogen-bond acceptors (Lipinski definition) is 3. The van der Waals surface area contributed by atoms with Crippen molar-refractivity contribution in [2.75, 3.05) is 6.54 Å². The molecule has 2 fully saturated rings. The summed E-state index contributed by atoms with van der Waals surface area (Å²) in [5.74, 6) is 1.82. The standard InChI is InChI=1S/C20H28N2O3S/c1-14-3-5-16(6-4-14)9-10-26(24,25)21-13-20(23)22-15(2)19-12-17-7-8-18(19)11-17/h3-6,9-10,15,17-19,21H,7-8,11-13H2,1-2H3,(H,22,23)/b10-9+. The summed E-state index contributed by atoms with van der Waals surface area (Å²) >= 11 is 0. The molecule has 0 aliphatic heterocycles. The molecule has 1 amide bonds. The van der Waals surface area contributed by atoms with Gasteiger partial charge in [-0.05, 0) is 62.5 Å². The molecule has 1 aromatic rings. The molecule has 0 aromatic heterocycles. The maximum absolute atomic E-state index is 12.1. The smallest absolute Gasteiger partial charge is 0.235 e. The van der Waals surface area contributed by atoms with Crippen LogP contribution in [0, 0.1) is 24.7 Å². The lowest BCUT2D eigenvalue weighted by Crippen LogP contribution is -2.44. The zero-order valence-corrected chi connectivity index (χ0v) is 16.3. The molecule has 26 heavy (non-hydrogen) atoms. The van der Waals surface area contributed by atoms with Crippen molar-refractivity contribution in [1.82, 2.24) is 10.0 Å². The van der Waals surface area contributed by atoms with E-state index in [0.717, 1.165) is 28.4 Å². The monoisotopic (exact) mass is 376 g/mol. The highest BCUT2D eigenvalue weighted by molar-refractivity contribution is 7.92. The number of fused-ring (bicyclic) bond motifs is 2. The predicted molar refractivity (Wildman–Crippen MR) is 104 cm³/mol. The number of carbonyl (C=O) groups excluding carboxylic acids is 1. The number of aryl methyl sites for hydroxylation is 1. The third-order valence-corrected chi connectivity index (χ3v) is 6.82. The molecule has 142 valence electrons. The Hall–Kier alpha value is -1.66. The Morgan fingerprint density at radius 1 is 1.23 bits per heavy atom. The molecule has 0 heterocycles. The maximum atomic E-state index is 12.1. The van der Waals surface area contributed by atoms with E-state index in [9.17, 15) is 13.2 Å². The first kappa shape index (κ1) is 19.1. The lowest BCUT2D eigenvalue weighted by atomic mass is 9.84.